The second-order valence-electron chi connectivity index (χ2n) is 6.30. The van der Waals surface area contributed by atoms with Crippen molar-refractivity contribution in [2.75, 3.05) is 14.2 Å². The van der Waals surface area contributed by atoms with Gasteiger partial charge < -0.3 is 9.47 Å². The van der Waals surface area contributed by atoms with Crippen LogP contribution in [-0.2, 0) is 0 Å². The van der Waals surface area contributed by atoms with Crippen molar-refractivity contribution < 1.29 is 9.47 Å². The molecule has 4 aromatic carbocycles. The Kier molecular flexibility index (Phi) is 4.87. The van der Waals surface area contributed by atoms with Gasteiger partial charge in [0.25, 0.3) is 0 Å². The fourth-order valence-corrected chi connectivity index (χ4v) is 3.81. The molecule has 0 bridgehead atoms. The largest absolute Gasteiger partial charge is 0.493 e. The van der Waals surface area contributed by atoms with Crippen molar-refractivity contribution in [1.29, 1.82) is 0 Å². The minimum atomic E-state index is 0.748. The first-order valence-corrected chi connectivity index (χ1v) is 9.50. The van der Waals surface area contributed by atoms with Crippen LogP contribution in [0.4, 0.5) is 0 Å². The van der Waals surface area contributed by atoms with Gasteiger partial charge in [-0.25, -0.2) is 0 Å². The molecule has 0 aliphatic carbocycles. The summed E-state index contributed by atoms with van der Waals surface area (Å²) in [4.78, 5) is 0. The van der Waals surface area contributed by atoms with Gasteiger partial charge in [-0.1, -0.05) is 64.5 Å². The van der Waals surface area contributed by atoms with Crippen LogP contribution in [0, 0.1) is 0 Å². The van der Waals surface area contributed by atoms with Crippen molar-refractivity contribution in [2.24, 2.45) is 0 Å². The summed E-state index contributed by atoms with van der Waals surface area (Å²) in [6.07, 6.45) is 4.26. The minimum absolute atomic E-state index is 0.748. The number of fused-ring (bicyclic) bond motifs is 3. The zero-order valence-corrected chi connectivity index (χ0v) is 16.8. The molecule has 134 valence electrons. The highest BCUT2D eigenvalue weighted by molar-refractivity contribution is 9.10. The van der Waals surface area contributed by atoms with Crippen molar-refractivity contribution >= 4 is 49.6 Å². The first kappa shape index (κ1) is 17.6. The average molecular weight is 419 g/mol. The second-order valence-corrected chi connectivity index (χ2v) is 7.15. The van der Waals surface area contributed by atoms with E-state index in [1.165, 1.54) is 10.8 Å². The van der Waals surface area contributed by atoms with Crippen LogP contribution in [0.2, 0.25) is 0 Å². The van der Waals surface area contributed by atoms with Crippen molar-refractivity contribution in [3.8, 4) is 11.5 Å². The van der Waals surface area contributed by atoms with Crippen LogP contribution < -0.4 is 9.47 Å². The number of halogens is 1. The number of rotatable bonds is 4. The molecule has 0 saturated carbocycles. The van der Waals surface area contributed by atoms with E-state index in [0.29, 0.717) is 0 Å². The van der Waals surface area contributed by atoms with E-state index in [0.717, 1.165) is 37.9 Å². The molecule has 0 aromatic heterocycles. The van der Waals surface area contributed by atoms with Crippen LogP contribution in [0.25, 0.3) is 33.7 Å². The third kappa shape index (κ3) is 3.31. The summed E-state index contributed by atoms with van der Waals surface area (Å²) in [5.41, 5.74) is 2.33. The third-order valence-corrected chi connectivity index (χ3v) is 5.46. The predicted octanol–water partition coefficient (Wildman–Crippen LogP) is 6.94. The Balaban J connectivity index is 1.80. The maximum Gasteiger partial charge on any atom is 0.168 e. The smallest absolute Gasteiger partial charge is 0.168 e. The maximum absolute atomic E-state index is 5.58. The third-order valence-electron chi connectivity index (χ3n) is 4.74. The lowest BCUT2D eigenvalue weighted by Crippen LogP contribution is -1.92. The highest BCUT2D eigenvalue weighted by Crippen LogP contribution is 2.38. The maximum atomic E-state index is 5.58. The first-order chi connectivity index (χ1) is 13.2. The van der Waals surface area contributed by atoms with Crippen LogP contribution in [0.15, 0.2) is 71.2 Å². The van der Waals surface area contributed by atoms with Gasteiger partial charge in [0.1, 0.15) is 0 Å². The zero-order valence-electron chi connectivity index (χ0n) is 15.2. The molecule has 0 heterocycles. The lowest BCUT2D eigenvalue weighted by Gasteiger charge is -2.12. The van der Waals surface area contributed by atoms with Crippen LogP contribution in [0.5, 0.6) is 11.5 Å². The summed E-state index contributed by atoms with van der Waals surface area (Å²) in [7, 11) is 3.34. The Morgan fingerprint density at radius 2 is 1.52 bits per heavy atom. The molecule has 4 aromatic rings. The fraction of sp³-hybridized carbons (Fsp3) is 0.0833. The molecular weight excluding hydrogens is 400 g/mol. The van der Waals surface area contributed by atoms with Gasteiger partial charge in [0.05, 0.1) is 14.2 Å². The van der Waals surface area contributed by atoms with Crippen LogP contribution in [0.3, 0.4) is 0 Å². The molecule has 0 amide bonds. The molecule has 27 heavy (non-hydrogen) atoms. The van der Waals surface area contributed by atoms with Crippen molar-refractivity contribution in [1.82, 2.24) is 0 Å². The Hall–Kier alpha value is -2.78. The summed E-state index contributed by atoms with van der Waals surface area (Å²) in [5.74, 6) is 1.52. The van der Waals surface area contributed by atoms with Gasteiger partial charge in [-0.2, -0.15) is 0 Å². The summed E-state index contributed by atoms with van der Waals surface area (Å²) >= 11 is 3.59. The first-order valence-electron chi connectivity index (χ1n) is 8.71. The predicted molar refractivity (Wildman–Crippen MR) is 118 cm³/mol. The van der Waals surface area contributed by atoms with E-state index in [1.54, 1.807) is 14.2 Å². The van der Waals surface area contributed by atoms with Gasteiger partial charge in [-0.05, 0) is 57.6 Å². The summed E-state index contributed by atoms with van der Waals surface area (Å²) in [6, 6.07) is 23.0. The van der Waals surface area contributed by atoms with E-state index < -0.39 is 0 Å². The van der Waals surface area contributed by atoms with Gasteiger partial charge in [-0.3, -0.25) is 0 Å². The molecular formula is C24H19BrO2. The quantitative estimate of drug-likeness (QED) is 0.263. The Bertz CT molecular complexity index is 1160. The van der Waals surface area contributed by atoms with Gasteiger partial charge >= 0.3 is 0 Å². The number of benzene rings is 4. The molecule has 0 aliphatic heterocycles. The highest BCUT2D eigenvalue weighted by Gasteiger charge is 2.10. The van der Waals surface area contributed by atoms with Crippen LogP contribution in [-0.4, -0.2) is 14.2 Å². The summed E-state index contributed by atoms with van der Waals surface area (Å²) in [6.45, 7) is 0. The van der Waals surface area contributed by atoms with Gasteiger partial charge in [-0.15, -0.1) is 0 Å². The monoisotopic (exact) mass is 418 g/mol. The topological polar surface area (TPSA) is 18.5 Å². The molecule has 2 nitrogen and oxygen atoms in total. The molecule has 4 rings (SSSR count). The molecule has 0 spiro atoms. The number of ether oxygens (including phenoxy) is 2. The van der Waals surface area contributed by atoms with Crippen LogP contribution in [0.1, 0.15) is 11.1 Å². The summed E-state index contributed by atoms with van der Waals surface area (Å²) in [5, 5.41) is 4.61. The van der Waals surface area contributed by atoms with E-state index >= 15 is 0 Å². The van der Waals surface area contributed by atoms with Crippen molar-refractivity contribution in [3.63, 3.8) is 0 Å². The number of hydrogen-bond acceptors (Lipinski definition) is 2. The van der Waals surface area contributed by atoms with E-state index in [9.17, 15) is 0 Å². The average Bonchev–Trinajstić information content (AvgIpc) is 2.71. The van der Waals surface area contributed by atoms with Crippen molar-refractivity contribution in [2.45, 2.75) is 0 Å². The molecule has 0 fully saturated rings. The normalized spacial score (nSPS) is 11.4. The van der Waals surface area contributed by atoms with Gasteiger partial charge in [0, 0.05) is 9.86 Å². The standard InChI is InChI=1S/C24H19BrO2/c1-26-23-14-13-20-19-11-8-16(7-9-17-5-3-4-6-22(17)25)15-18(19)10-12-21(20)24(23)27-2/h3-15H,1-2H3/b9-7-. The Morgan fingerprint density at radius 1 is 0.741 bits per heavy atom. The van der Waals surface area contributed by atoms with E-state index in [1.807, 2.05) is 24.3 Å². The van der Waals surface area contributed by atoms with Crippen LogP contribution >= 0.6 is 15.9 Å². The molecule has 0 atom stereocenters. The molecule has 0 N–H and O–H groups in total. The summed E-state index contributed by atoms with van der Waals surface area (Å²) < 4.78 is 12.1. The number of methoxy groups -OCH3 is 2. The van der Waals surface area contributed by atoms with Gasteiger partial charge in [0.15, 0.2) is 11.5 Å². The van der Waals surface area contributed by atoms with E-state index in [-0.39, 0.29) is 0 Å². The van der Waals surface area contributed by atoms with E-state index in [2.05, 4.69) is 70.5 Å². The minimum Gasteiger partial charge on any atom is -0.493 e. The SMILES string of the molecule is COc1ccc2c(ccc3cc(/C=C\c4ccccc4Br)ccc32)c1OC. The Labute approximate surface area is 167 Å². The molecule has 3 heteroatoms. The number of hydrogen-bond donors (Lipinski definition) is 0. The van der Waals surface area contributed by atoms with Crippen molar-refractivity contribution in [3.05, 3.63) is 82.3 Å². The second kappa shape index (κ2) is 7.45. The zero-order chi connectivity index (χ0) is 18.8. The molecule has 0 radical (unpaired) electrons. The molecule has 0 aliphatic rings. The van der Waals surface area contributed by atoms with E-state index in [4.69, 9.17) is 9.47 Å². The van der Waals surface area contributed by atoms with Gasteiger partial charge in [0.2, 0.25) is 0 Å². The lowest BCUT2D eigenvalue weighted by molar-refractivity contribution is 0.358. The Morgan fingerprint density at radius 3 is 2.30 bits per heavy atom. The highest BCUT2D eigenvalue weighted by atomic mass is 79.9. The molecule has 0 unspecified atom stereocenters. The fourth-order valence-electron chi connectivity index (χ4n) is 3.39. The lowest BCUT2D eigenvalue weighted by atomic mass is 9.99. The molecule has 0 saturated heterocycles.